The molecule has 0 bridgehead atoms. The van der Waals surface area contributed by atoms with Gasteiger partial charge in [-0.25, -0.2) is 4.79 Å². The number of nitrogens with two attached hydrogens (primary N) is 1. The normalized spacial score (nSPS) is 18.4. The van der Waals surface area contributed by atoms with E-state index in [1.54, 1.807) is 17.0 Å². The first kappa shape index (κ1) is 13.5. The molecule has 1 aromatic carbocycles. The molecule has 0 radical (unpaired) electrons. The lowest BCUT2D eigenvalue weighted by Crippen LogP contribution is -2.41. The maximum Gasteiger partial charge on any atom is 0.328 e. The highest BCUT2D eigenvalue weighted by Crippen LogP contribution is 2.21. The summed E-state index contributed by atoms with van der Waals surface area (Å²) in [4.78, 5) is 25.6. The van der Waals surface area contributed by atoms with Gasteiger partial charge in [-0.3, -0.25) is 4.79 Å². The molecule has 0 aliphatic carbocycles. The number of hydrogen-bond donors (Lipinski definition) is 1. The highest BCUT2D eigenvalue weighted by Gasteiger charge is 2.35. The number of rotatable bonds is 3. The number of benzene rings is 1. The van der Waals surface area contributed by atoms with Crippen molar-refractivity contribution < 1.29 is 14.3 Å². The Balaban J connectivity index is 2.15. The topological polar surface area (TPSA) is 72.6 Å². The number of carbonyl (C=O) groups excluding carboxylic acids is 2. The van der Waals surface area contributed by atoms with Crippen molar-refractivity contribution in [2.75, 3.05) is 13.7 Å². The molecule has 1 aliphatic rings. The molecule has 5 heteroatoms. The molecule has 1 saturated heterocycles. The van der Waals surface area contributed by atoms with Crippen molar-refractivity contribution in [1.29, 1.82) is 0 Å². The Hall–Kier alpha value is -1.88. The predicted octanol–water partition coefficient (Wildman–Crippen LogP) is 0.923. The van der Waals surface area contributed by atoms with E-state index in [1.807, 2.05) is 12.1 Å². The van der Waals surface area contributed by atoms with Crippen LogP contribution in [0.3, 0.4) is 0 Å². The van der Waals surface area contributed by atoms with Crippen LogP contribution in [0.2, 0.25) is 0 Å². The second kappa shape index (κ2) is 5.84. The summed E-state index contributed by atoms with van der Waals surface area (Å²) in [6.07, 6.45) is 1.49. The second-order valence-electron chi connectivity index (χ2n) is 4.58. The van der Waals surface area contributed by atoms with Gasteiger partial charge >= 0.3 is 5.97 Å². The number of amides is 1. The molecule has 1 fully saturated rings. The quantitative estimate of drug-likeness (QED) is 0.822. The van der Waals surface area contributed by atoms with Gasteiger partial charge in [-0.2, -0.15) is 0 Å². The van der Waals surface area contributed by atoms with Gasteiger partial charge in [0, 0.05) is 18.7 Å². The third-order valence-electron chi connectivity index (χ3n) is 3.42. The van der Waals surface area contributed by atoms with E-state index in [4.69, 9.17) is 10.5 Å². The van der Waals surface area contributed by atoms with Crippen molar-refractivity contribution in [3.8, 4) is 0 Å². The van der Waals surface area contributed by atoms with Crippen molar-refractivity contribution in [2.45, 2.75) is 25.4 Å². The Morgan fingerprint density at radius 1 is 1.37 bits per heavy atom. The molecule has 1 atom stereocenters. The van der Waals surface area contributed by atoms with E-state index in [0.29, 0.717) is 25.1 Å². The minimum absolute atomic E-state index is 0.128. The van der Waals surface area contributed by atoms with E-state index >= 15 is 0 Å². The van der Waals surface area contributed by atoms with Crippen LogP contribution >= 0.6 is 0 Å². The van der Waals surface area contributed by atoms with Gasteiger partial charge in [0.05, 0.1) is 7.11 Å². The first-order valence-corrected chi connectivity index (χ1v) is 6.35. The highest BCUT2D eigenvalue weighted by atomic mass is 16.5. The van der Waals surface area contributed by atoms with Crippen LogP contribution in [0, 0.1) is 0 Å². The lowest BCUT2D eigenvalue weighted by atomic mass is 10.1. The maximum atomic E-state index is 12.4. The fourth-order valence-electron chi connectivity index (χ4n) is 2.34. The number of esters is 1. The Bertz CT molecular complexity index is 470. The minimum Gasteiger partial charge on any atom is -0.467 e. The van der Waals surface area contributed by atoms with Crippen molar-refractivity contribution in [1.82, 2.24) is 4.90 Å². The molecule has 2 rings (SSSR count). The van der Waals surface area contributed by atoms with Crippen molar-refractivity contribution in [3.05, 3.63) is 35.4 Å². The van der Waals surface area contributed by atoms with Crippen molar-refractivity contribution >= 4 is 11.9 Å². The monoisotopic (exact) mass is 262 g/mol. The fraction of sp³-hybridized carbons (Fsp3) is 0.429. The number of hydrogen-bond acceptors (Lipinski definition) is 4. The molecule has 0 spiro atoms. The first-order valence-electron chi connectivity index (χ1n) is 6.35. The number of likely N-dealkylation sites (tertiary alicyclic amines) is 1. The van der Waals surface area contributed by atoms with E-state index in [-0.39, 0.29) is 11.9 Å². The summed E-state index contributed by atoms with van der Waals surface area (Å²) < 4.78 is 4.74. The van der Waals surface area contributed by atoms with Gasteiger partial charge in [0.1, 0.15) is 6.04 Å². The lowest BCUT2D eigenvalue weighted by molar-refractivity contribution is -0.145. The molecular formula is C14H18N2O3. The standard InChI is InChI=1S/C14H18N2O3/c1-19-14(18)12-3-2-8-16(12)13(17)11-6-4-10(9-15)5-7-11/h4-7,12H,2-3,8-9,15H2,1H3. The summed E-state index contributed by atoms with van der Waals surface area (Å²) in [7, 11) is 1.35. The Kier molecular flexibility index (Phi) is 4.16. The van der Waals surface area contributed by atoms with Crippen LogP contribution in [0.15, 0.2) is 24.3 Å². The largest absolute Gasteiger partial charge is 0.467 e. The predicted molar refractivity (Wildman–Crippen MR) is 70.4 cm³/mol. The third kappa shape index (κ3) is 2.76. The fourth-order valence-corrected chi connectivity index (χ4v) is 2.34. The van der Waals surface area contributed by atoms with Crippen LogP contribution < -0.4 is 5.73 Å². The van der Waals surface area contributed by atoms with Crippen LogP contribution in [0.5, 0.6) is 0 Å². The zero-order valence-electron chi connectivity index (χ0n) is 11.0. The zero-order chi connectivity index (χ0) is 13.8. The van der Waals surface area contributed by atoms with Gasteiger partial charge in [-0.05, 0) is 30.5 Å². The summed E-state index contributed by atoms with van der Waals surface area (Å²) in [6.45, 7) is 1.04. The van der Waals surface area contributed by atoms with Gasteiger partial charge in [-0.15, -0.1) is 0 Å². The average Bonchev–Trinajstić information content (AvgIpc) is 2.95. The van der Waals surface area contributed by atoms with Gasteiger partial charge in [0.25, 0.3) is 5.91 Å². The van der Waals surface area contributed by atoms with E-state index in [1.165, 1.54) is 7.11 Å². The molecule has 1 aliphatic heterocycles. The first-order chi connectivity index (χ1) is 9.17. The minimum atomic E-state index is -0.452. The average molecular weight is 262 g/mol. The smallest absolute Gasteiger partial charge is 0.328 e. The Morgan fingerprint density at radius 2 is 2.05 bits per heavy atom. The highest BCUT2D eigenvalue weighted by molar-refractivity contribution is 5.97. The van der Waals surface area contributed by atoms with Gasteiger partial charge in [0.2, 0.25) is 0 Å². The van der Waals surface area contributed by atoms with Crippen molar-refractivity contribution in [3.63, 3.8) is 0 Å². The van der Waals surface area contributed by atoms with Crippen LogP contribution in [0.1, 0.15) is 28.8 Å². The van der Waals surface area contributed by atoms with E-state index < -0.39 is 6.04 Å². The van der Waals surface area contributed by atoms with Gasteiger partial charge < -0.3 is 15.4 Å². The molecule has 2 N–H and O–H groups in total. The van der Waals surface area contributed by atoms with E-state index in [2.05, 4.69) is 0 Å². The molecule has 1 heterocycles. The van der Waals surface area contributed by atoms with E-state index in [9.17, 15) is 9.59 Å². The summed E-state index contributed by atoms with van der Waals surface area (Å²) in [5.41, 5.74) is 7.07. The summed E-state index contributed by atoms with van der Waals surface area (Å²) in [6, 6.07) is 6.70. The Morgan fingerprint density at radius 3 is 2.63 bits per heavy atom. The molecule has 0 saturated carbocycles. The van der Waals surface area contributed by atoms with Crippen LogP contribution in [0.4, 0.5) is 0 Å². The SMILES string of the molecule is COC(=O)C1CCCN1C(=O)c1ccc(CN)cc1. The third-order valence-corrected chi connectivity index (χ3v) is 3.42. The Labute approximate surface area is 112 Å². The van der Waals surface area contributed by atoms with E-state index in [0.717, 1.165) is 12.0 Å². The number of nitrogens with zero attached hydrogens (tertiary/aromatic N) is 1. The summed E-state index contributed by atoms with van der Waals surface area (Å²) in [5.74, 6) is -0.471. The second-order valence-corrected chi connectivity index (χ2v) is 4.58. The number of ether oxygens (including phenoxy) is 1. The molecule has 1 unspecified atom stereocenters. The molecular weight excluding hydrogens is 244 g/mol. The van der Waals surface area contributed by atoms with Crippen LogP contribution in [0.25, 0.3) is 0 Å². The molecule has 102 valence electrons. The molecule has 1 amide bonds. The van der Waals surface area contributed by atoms with Crippen molar-refractivity contribution in [2.24, 2.45) is 5.73 Å². The van der Waals surface area contributed by atoms with Gasteiger partial charge in [0.15, 0.2) is 0 Å². The van der Waals surface area contributed by atoms with Crippen LogP contribution in [-0.2, 0) is 16.1 Å². The molecule has 5 nitrogen and oxygen atoms in total. The number of methoxy groups -OCH3 is 1. The summed E-state index contributed by atoms with van der Waals surface area (Å²) in [5, 5.41) is 0. The molecule has 0 aromatic heterocycles. The molecule has 1 aromatic rings. The molecule has 19 heavy (non-hydrogen) atoms. The maximum absolute atomic E-state index is 12.4. The number of carbonyl (C=O) groups is 2. The zero-order valence-corrected chi connectivity index (χ0v) is 11.0. The van der Waals surface area contributed by atoms with Gasteiger partial charge in [-0.1, -0.05) is 12.1 Å². The van der Waals surface area contributed by atoms with Crippen LogP contribution in [-0.4, -0.2) is 36.5 Å². The summed E-state index contributed by atoms with van der Waals surface area (Å²) >= 11 is 0. The lowest BCUT2D eigenvalue weighted by Gasteiger charge is -2.22.